The van der Waals surface area contributed by atoms with Gasteiger partial charge in [-0.2, -0.15) is 0 Å². The van der Waals surface area contributed by atoms with Crippen LogP contribution in [0, 0.1) is 0 Å². The second-order valence-electron chi connectivity index (χ2n) is 4.88. The van der Waals surface area contributed by atoms with E-state index in [0.29, 0.717) is 22.7 Å². The Bertz CT molecular complexity index is 966. The molecule has 3 aromatic rings. The van der Waals surface area contributed by atoms with Crippen molar-refractivity contribution in [2.45, 2.75) is 0 Å². The first kappa shape index (κ1) is 15.4. The Morgan fingerprint density at radius 2 is 2.04 bits per heavy atom. The maximum absolute atomic E-state index is 12.0. The summed E-state index contributed by atoms with van der Waals surface area (Å²) in [5, 5.41) is 9.44. The van der Waals surface area contributed by atoms with E-state index in [2.05, 4.69) is 9.97 Å². The van der Waals surface area contributed by atoms with Gasteiger partial charge in [-0.05, 0) is 18.2 Å². The number of carboxylic acids is 1. The van der Waals surface area contributed by atoms with Crippen LogP contribution in [0.3, 0.4) is 0 Å². The zero-order valence-corrected chi connectivity index (χ0v) is 12.7. The van der Waals surface area contributed by atoms with Crippen LogP contribution in [0.1, 0.15) is 10.4 Å². The fourth-order valence-electron chi connectivity index (χ4n) is 2.35. The van der Waals surface area contributed by atoms with Crippen molar-refractivity contribution in [3.63, 3.8) is 0 Å². The molecule has 0 aliphatic carbocycles. The van der Waals surface area contributed by atoms with Crippen LogP contribution in [0.15, 0.2) is 59.9 Å². The van der Waals surface area contributed by atoms with E-state index in [-0.39, 0.29) is 11.1 Å². The molecule has 7 heteroatoms. The molecule has 3 aromatic heterocycles. The van der Waals surface area contributed by atoms with Gasteiger partial charge < -0.3 is 9.84 Å². The van der Waals surface area contributed by atoms with Gasteiger partial charge >= 0.3 is 5.97 Å². The van der Waals surface area contributed by atoms with Crippen LogP contribution in [0.5, 0.6) is 5.75 Å². The molecule has 1 N–H and O–H groups in total. The Morgan fingerprint density at radius 1 is 1.21 bits per heavy atom. The molecule has 0 fully saturated rings. The molecule has 0 aliphatic rings. The average molecular weight is 323 g/mol. The van der Waals surface area contributed by atoms with Gasteiger partial charge in [-0.3, -0.25) is 14.3 Å². The minimum Gasteiger partial charge on any atom is -0.494 e. The molecule has 120 valence electrons. The number of aromatic nitrogens is 3. The van der Waals surface area contributed by atoms with Crippen molar-refractivity contribution < 1.29 is 14.6 Å². The van der Waals surface area contributed by atoms with Crippen molar-refractivity contribution in [2.75, 3.05) is 7.11 Å². The number of carboxylic acid groups (broad SMARTS) is 1. The highest BCUT2D eigenvalue weighted by Gasteiger charge is 2.17. The summed E-state index contributed by atoms with van der Waals surface area (Å²) in [6.07, 6.45) is 5.83. The first-order valence-corrected chi connectivity index (χ1v) is 7.01. The highest BCUT2D eigenvalue weighted by Crippen LogP contribution is 2.32. The van der Waals surface area contributed by atoms with E-state index in [9.17, 15) is 14.7 Å². The van der Waals surface area contributed by atoms with Crippen molar-refractivity contribution in [1.29, 1.82) is 0 Å². The van der Waals surface area contributed by atoms with Crippen LogP contribution in [0.25, 0.3) is 16.9 Å². The summed E-state index contributed by atoms with van der Waals surface area (Å²) in [6, 6.07) is 7.92. The van der Waals surface area contributed by atoms with E-state index < -0.39 is 5.97 Å². The molecule has 0 unspecified atom stereocenters. The molecule has 3 rings (SSSR count). The van der Waals surface area contributed by atoms with Crippen LogP contribution in [-0.4, -0.2) is 32.7 Å². The summed E-state index contributed by atoms with van der Waals surface area (Å²) in [7, 11) is 1.48. The summed E-state index contributed by atoms with van der Waals surface area (Å²) in [5.41, 5.74) is 0.688. The summed E-state index contributed by atoms with van der Waals surface area (Å²) in [5.74, 6) is -0.375. The molecule has 7 nitrogen and oxygen atoms in total. The third-order valence-corrected chi connectivity index (χ3v) is 3.48. The largest absolute Gasteiger partial charge is 0.494 e. The topological polar surface area (TPSA) is 94.3 Å². The van der Waals surface area contributed by atoms with Gasteiger partial charge in [0.15, 0.2) is 0 Å². The van der Waals surface area contributed by atoms with E-state index in [1.807, 2.05) is 0 Å². The molecule has 0 saturated heterocycles. The Labute approximate surface area is 136 Å². The van der Waals surface area contributed by atoms with Gasteiger partial charge in [-0.15, -0.1) is 0 Å². The van der Waals surface area contributed by atoms with E-state index >= 15 is 0 Å². The molecule has 0 radical (unpaired) electrons. The first-order valence-electron chi connectivity index (χ1n) is 7.01. The molecule has 0 amide bonds. The summed E-state index contributed by atoms with van der Waals surface area (Å²) < 4.78 is 6.60. The van der Waals surface area contributed by atoms with Gasteiger partial charge in [0.1, 0.15) is 11.6 Å². The quantitative estimate of drug-likeness (QED) is 0.789. The fraction of sp³-hybridized carbons (Fsp3) is 0.0588. The zero-order valence-electron chi connectivity index (χ0n) is 12.7. The van der Waals surface area contributed by atoms with Gasteiger partial charge in [-0.25, -0.2) is 9.78 Å². The molecule has 0 spiro atoms. The van der Waals surface area contributed by atoms with Crippen molar-refractivity contribution in [3.05, 3.63) is 71.0 Å². The number of methoxy groups -OCH3 is 1. The predicted octanol–water partition coefficient (Wildman–Crippen LogP) is 2.00. The normalized spacial score (nSPS) is 10.4. The Balaban J connectivity index is 2.27. The van der Waals surface area contributed by atoms with Crippen molar-refractivity contribution >= 4 is 5.97 Å². The Kier molecular flexibility index (Phi) is 4.07. The summed E-state index contributed by atoms with van der Waals surface area (Å²) in [4.78, 5) is 31.6. The minimum atomic E-state index is -1.12. The molecule has 24 heavy (non-hydrogen) atoms. The van der Waals surface area contributed by atoms with E-state index in [1.54, 1.807) is 30.5 Å². The average Bonchev–Trinajstić information content (AvgIpc) is 2.61. The van der Waals surface area contributed by atoms with Crippen molar-refractivity contribution in [1.82, 2.24) is 14.5 Å². The lowest BCUT2D eigenvalue weighted by atomic mass is 10.0. The second-order valence-corrected chi connectivity index (χ2v) is 4.88. The third kappa shape index (κ3) is 2.74. The maximum atomic E-state index is 12.0. The first-order chi connectivity index (χ1) is 11.6. The van der Waals surface area contributed by atoms with E-state index in [4.69, 9.17) is 4.74 Å². The number of hydrogen-bond acceptors (Lipinski definition) is 5. The number of carbonyl (C=O) groups is 1. The SMILES string of the molecule is COc1cnccc1-c1cc(-n2ccccc2=O)ncc1C(=O)O. The van der Waals surface area contributed by atoms with Gasteiger partial charge in [0.25, 0.3) is 5.56 Å². The van der Waals surface area contributed by atoms with Crippen LogP contribution in [-0.2, 0) is 0 Å². The van der Waals surface area contributed by atoms with Crippen molar-refractivity contribution in [3.8, 4) is 22.7 Å². The predicted molar refractivity (Wildman–Crippen MR) is 86.6 cm³/mol. The molecule has 0 aliphatic heterocycles. The number of aromatic carboxylic acids is 1. The number of pyridine rings is 3. The van der Waals surface area contributed by atoms with Crippen LogP contribution >= 0.6 is 0 Å². The van der Waals surface area contributed by atoms with E-state index in [0.717, 1.165) is 0 Å². The highest BCUT2D eigenvalue weighted by molar-refractivity contribution is 5.96. The lowest BCUT2D eigenvalue weighted by Gasteiger charge is -2.12. The Hall–Kier alpha value is -3.48. The monoisotopic (exact) mass is 323 g/mol. The highest BCUT2D eigenvalue weighted by atomic mass is 16.5. The summed E-state index contributed by atoms with van der Waals surface area (Å²) in [6.45, 7) is 0. The second kappa shape index (κ2) is 6.33. The molecule has 0 aromatic carbocycles. The van der Waals surface area contributed by atoms with E-state index in [1.165, 1.54) is 36.3 Å². The third-order valence-electron chi connectivity index (χ3n) is 3.48. The summed E-state index contributed by atoms with van der Waals surface area (Å²) >= 11 is 0. The number of rotatable bonds is 4. The molecule has 3 heterocycles. The fourth-order valence-corrected chi connectivity index (χ4v) is 2.35. The van der Waals surface area contributed by atoms with Gasteiger partial charge in [0, 0.05) is 35.8 Å². The van der Waals surface area contributed by atoms with Crippen LogP contribution < -0.4 is 10.3 Å². The van der Waals surface area contributed by atoms with Gasteiger partial charge in [0.05, 0.1) is 18.9 Å². The van der Waals surface area contributed by atoms with Crippen molar-refractivity contribution in [2.24, 2.45) is 0 Å². The maximum Gasteiger partial charge on any atom is 0.337 e. The Morgan fingerprint density at radius 3 is 2.75 bits per heavy atom. The number of hydrogen-bond donors (Lipinski definition) is 1. The minimum absolute atomic E-state index is 0.00669. The van der Waals surface area contributed by atoms with Gasteiger partial charge in [0.2, 0.25) is 0 Å². The lowest BCUT2D eigenvalue weighted by Crippen LogP contribution is -2.17. The molecular formula is C17H13N3O4. The van der Waals surface area contributed by atoms with Crippen LogP contribution in [0.2, 0.25) is 0 Å². The number of nitrogens with zero attached hydrogens (tertiary/aromatic N) is 3. The zero-order chi connectivity index (χ0) is 17.1. The smallest absolute Gasteiger partial charge is 0.337 e. The number of ether oxygens (including phenoxy) is 1. The van der Waals surface area contributed by atoms with Gasteiger partial charge in [-0.1, -0.05) is 6.07 Å². The standard InChI is InChI=1S/C17H13N3O4/c1-24-14-10-18-6-5-11(14)12-8-15(19-9-13(12)17(22)23)20-7-3-2-4-16(20)21/h2-10H,1H3,(H,22,23). The molecular weight excluding hydrogens is 310 g/mol. The van der Waals surface area contributed by atoms with Crippen LogP contribution in [0.4, 0.5) is 0 Å². The lowest BCUT2D eigenvalue weighted by molar-refractivity contribution is 0.0697. The molecule has 0 saturated carbocycles. The molecule has 0 atom stereocenters. The molecule has 0 bridgehead atoms.